The highest BCUT2D eigenvalue weighted by atomic mass is 15.1. The number of hydrogen-bond donors (Lipinski definition) is 1. The van der Waals surface area contributed by atoms with E-state index >= 15 is 0 Å². The second-order valence-electron chi connectivity index (χ2n) is 4.36. The molecule has 2 aromatic rings. The molecule has 0 aliphatic heterocycles. The van der Waals surface area contributed by atoms with E-state index in [1.807, 2.05) is 36.9 Å². The predicted octanol–water partition coefficient (Wildman–Crippen LogP) is 1.82. The lowest BCUT2D eigenvalue weighted by Gasteiger charge is -2.10. The highest BCUT2D eigenvalue weighted by Gasteiger charge is 2.03. The molecule has 0 fully saturated rings. The van der Waals surface area contributed by atoms with Crippen molar-refractivity contribution in [2.24, 2.45) is 0 Å². The Kier molecular flexibility index (Phi) is 3.88. The minimum Gasteiger partial charge on any atom is -0.329 e. The summed E-state index contributed by atoms with van der Waals surface area (Å²) in [6, 6.07) is 4.53. The van der Waals surface area contributed by atoms with E-state index in [0.717, 1.165) is 18.9 Å². The summed E-state index contributed by atoms with van der Waals surface area (Å²) >= 11 is 0. The third-order valence-electron chi connectivity index (χ3n) is 2.57. The summed E-state index contributed by atoms with van der Waals surface area (Å²) in [5.41, 5.74) is 1.24. The van der Waals surface area contributed by atoms with Gasteiger partial charge in [-0.25, -0.2) is 4.98 Å². The van der Waals surface area contributed by atoms with E-state index in [9.17, 15) is 0 Å². The molecular formula is C13H18N4. The average Bonchev–Trinajstić information content (AvgIpc) is 2.75. The highest BCUT2D eigenvalue weighted by molar-refractivity contribution is 5.11. The molecule has 0 saturated heterocycles. The third kappa shape index (κ3) is 3.39. The van der Waals surface area contributed by atoms with Gasteiger partial charge in [-0.05, 0) is 17.7 Å². The van der Waals surface area contributed by atoms with E-state index < -0.39 is 0 Å². The van der Waals surface area contributed by atoms with Crippen LogP contribution in [0.5, 0.6) is 0 Å². The van der Waals surface area contributed by atoms with Crippen LogP contribution in [0.15, 0.2) is 36.9 Å². The van der Waals surface area contributed by atoms with Crippen molar-refractivity contribution in [3.63, 3.8) is 0 Å². The summed E-state index contributed by atoms with van der Waals surface area (Å²) in [6.07, 6.45) is 7.49. The maximum absolute atomic E-state index is 4.37. The first-order chi connectivity index (χ1) is 8.25. The molecule has 0 aromatic carbocycles. The topological polar surface area (TPSA) is 42.7 Å². The van der Waals surface area contributed by atoms with Gasteiger partial charge in [0.15, 0.2) is 0 Å². The van der Waals surface area contributed by atoms with Crippen LogP contribution in [-0.4, -0.2) is 20.6 Å². The van der Waals surface area contributed by atoms with Crippen LogP contribution in [-0.2, 0) is 13.1 Å². The lowest BCUT2D eigenvalue weighted by Crippen LogP contribution is -2.24. The molecule has 1 N–H and O–H groups in total. The van der Waals surface area contributed by atoms with Gasteiger partial charge in [-0.3, -0.25) is 4.98 Å². The van der Waals surface area contributed by atoms with Crippen molar-refractivity contribution >= 4 is 0 Å². The largest absolute Gasteiger partial charge is 0.329 e. The maximum atomic E-state index is 4.37. The highest BCUT2D eigenvalue weighted by Crippen LogP contribution is 2.04. The smallest absolute Gasteiger partial charge is 0.122 e. The first kappa shape index (κ1) is 11.8. The van der Waals surface area contributed by atoms with Crippen molar-refractivity contribution < 1.29 is 0 Å². The Bertz CT molecular complexity index is 447. The lowest BCUT2D eigenvalue weighted by atomic mass is 10.2. The summed E-state index contributed by atoms with van der Waals surface area (Å²) in [5.74, 6) is 1.07. The van der Waals surface area contributed by atoms with Crippen LogP contribution in [0.1, 0.15) is 25.2 Å². The monoisotopic (exact) mass is 230 g/mol. The van der Waals surface area contributed by atoms with E-state index in [0.29, 0.717) is 6.04 Å². The molecule has 0 bridgehead atoms. The average molecular weight is 230 g/mol. The molecule has 2 rings (SSSR count). The molecule has 17 heavy (non-hydrogen) atoms. The summed E-state index contributed by atoms with van der Waals surface area (Å²) in [4.78, 5) is 8.39. The Hall–Kier alpha value is -1.68. The summed E-state index contributed by atoms with van der Waals surface area (Å²) < 4.78 is 2.16. The van der Waals surface area contributed by atoms with Gasteiger partial charge in [0.2, 0.25) is 0 Å². The van der Waals surface area contributed by atoms with Gasteiger partial charge >= 0.3 is 0 Å². The Labute approximate surface area is 102 Å². The molecule has 0 radical (unpaired) electrons. The van der Waals surface area contributed by atoms with E-state index in [-0.39, 0.29) is 0 Å². The van der Waals surface area contributed by atoms with Gasteiger partial charge < -0.3 is 9.88 Å². The SMILES string of the molecule is CC(C)NCc1nccn1Cc1ccncc1. The molecule has 0 saturated carbocycles. The van der Waals surface area contributed by atoms with Crippen molar-refractivity contribution in [2.45, 2.75) is 33.0 Å². The van der Waals surface area contributed by atoms with E-state index in [1.54, 1.807) is 0 Å². The van der Waals surface area contributed by atoms with Crippen LogP contribution >= 0.6 is 0 Å². The first-order valence-electron chi connectivity index (χ1n) is 5.88. The van der Waals surface area contributed by atoms with Gasteiger partial charge in [0, 0.05) is 37.4 Å². The fourth-order valence-corrected chi connectivity index (χ4v) is 1.63. The Morgan fingerprint density at radius 3 is 2.71 bits per heavy atom. The first-order valence-corrected chi connectivity index (χ1v) is 5.88. The molecule has 0 aliphatic carbocycles. The molecular weight excluding hydrogens is 212 g/mol. The van der Waals surface area contributed by atoms with E-state index in [1.165, 1.54) is 5.56 Å². The second kappa shape index (κ2) is 5.59. The number of pyridine rings is 1. The Morgan fingerprint density at radius 1 is 1.24 bits per heavy atom. The lowest BCUT2D eigenvalue weighted by molar-refractivity contribution is 0.554. The van der Waals surface area contributed by atoms with Gasteiger partial charge in [-0.1, -0.05) is 13.8 Å². The number of rotatable bonds is 5. The number of aromatic nitrogens is 3. The summed E-state index contributed by atoms with van der Waals surface area (Å²) in [6.45, 7) is 5.92. The van der Waals surface area contributed by atoms with Crippen LogP contribution in [0.25, 0.3) is 0 Å². The Morgan fingerprint density at radius 2 is 2.00 bits per heavy atom. The minimum atomic E-state index is 0.473. The molecule has 0 amide bonds. The Balaban J connectivity index is 2.04. The van der Waals surface area contributed by atoms with Crippen LogP contribution in [0.2, 0.25) is 0 Å². The number of nitrogens with zero attached hydrogens (tertiary/aromatic N) is 3. The summed E-state index contributed by atoms with van der Waals surface area (Å²) in [7, 11) is 0. The van der Waals surface area contributed by atoms with Gasteiger partial charge in [0.1, 0.15) is 5.82 Å². The molecule has 0 aliphatic rings. The van der Waals surface area contributed by atoms with Crippen molar-refractivity contribution in [3.8, 4) is 0 Å². The number of nitrogens with one attached hydrogen (secondary N) is 1. The zero-order valence-corrected chi connectivity index (χ0v) is 10.3. The second-order valence-corrected chi connectivity index (χ2v) is 4.36. The molecule has 4 nitrogen and oxygen atoms in total. The zero-order valence-electron chi connectivity index (χ0n) is 10.3. The van der Waals surface area contributed by atoms with Gasteiger partial charge in [0.25, 0.3) is 0 Å². The van der Waals surface area contributed by atoms with Crippen molar-refractivity contribution in [1.82, 2.24) is 19.9 Å². The molecule has 2 heterocycles. The third-order valence-corrected chi connectivity index (χ3v) is 2.57. The number of hydrogen-bond acceptors (Lipinski definition) is 3. The van der Waals surface area contributed by atoms with Gasteiger partial charge in [-0.15, -0.1) is 0 Å². The van der Waals surface area contributed by atoms with Crippen molar-refractivity contribution in [2.75, 3.05) is 0 Å². The normalized spacial score (nSPS) is 11.0. The van der Waals surface area contributed by atoms with E-state index in [2.05, 4.69) is 33.7 Å². The number of imidazole rings is 1. The predicted molar refractivity (Wildman–Crippen MR) is 67.5 cm³/mol. The molecule has 90 valence electrons. The zero-order chi connectivity index (χ0) is 12.1. The van der Waals surface area contributed by atoms with Crippen molar-refractivity contribution in [3.05, 3.63) is 48.3 Å². The molecule has 0 unspecified atom stereocenters. The van der Waals surface area contributed by atoms with Crippen LogP contribution < -0.4 is 5.32 Å². The van der Waals surface area contributed by atoms with Gasteiger partial charge in [-0.2, -0.15) is 0 Å². The molecule has 0 atom stereocenters. The standard InChI is InChI=1S/C13H18N4/c1-11(2)16-9-13-15-7-8-17(13)10-12-3-5-14-6-4-12/h3-8,11,16H,9-10H2,1-2H3. The van der Waals surface area contributed by atoms with E-state index in [4.69, 9.17) is 0 Å². The fourth-order valence-electron chi connectivity index (χ4n) is 1.63. The molecule has 2 aromatic heterocycles. The molecule has 4 heteroatoms. The maximum Gasteiger partial charge on any atom is 0.122 e. The van der Waals surface area contributed by atoms with Crippen LogP contribution in [0.3, 0.4) is 0 Å². The van der Waals surface area contributed by atoms with Crippen LogP contribution in [0, 0.1) is 0 Å². The summed E-state index contributed by atoms with van der Waals surface area (Å²) in [5, 5.41) is 3.38. The van der Waals surface area contributed by atoms with Crippen molar-refractivity contribution in [1.29, 1.82) is 0 Å². The molecule has 0 spiro atoms. The quantitative estimate of drug-likeness (QED) is 0.852. The van der Waals surface area contributed by atoms with Gasteiger partial charge in [0.05, 0.1) is 6.54 Å². The van der Waals surface area contributed by atoms with Crippen LogP contribution in [0.4, 0.5) is 0 Å². The fraction of sp³-hybridized carbons (Fsp3) is 0.385. The minimum absolute atomic E-state index is 0.473.